The zero-order valence-electron chi connectivity index (χ0n) is 11.3. The molecule has 1 aliphatic heterocycles. The molecule has 0 saturated carbocycles. The Morgan fingerprint density at radius 2 is 2.15 bits per heavy atom. The number of nitrogens with one attached hydrogen (secondary N) is 1. The fourth-order valence-corrected chi connectivity index (χ4v) is 2.11. The summed E-state index contributed by atoms with van der Waals surface area (Å²) in [6, 6.07) is 6.87. The number of Topliss-reactive ketones (excluding diaryl/α,β-unsaturated/α-hetero) is 1. The summed E-state index contributed by atoms with van der Waals surface area (Å²) >= 11 is 0. The number of carbonyl (C=O) groups excluding carboxylic acids is 2. The third-order valence-electron chi connectivity index (χ3n) is 3.20. The van der Waals surface area contributed by atoms with Gasteiger partial charge >= 0.3 is 0 Å². The normalized spacial score (nSPS) is 21.1. The van der Waals surface area contributed by atoms with Crippen molar-refractivity contribution in [1.82, 2.24) is 0 Å². The van der Waals surface area contributed by atoms with Gasteiger partial charge in [-0.25, -0.2) is 0 Å². The molecule has 0 aromatic heterocycles. The third kappa shape index (κ3) is 4.03. The quantitative estimate of drug-likeness (QED) is 0.830. The van der Waals surface area contributed by atoms with Crippen LogP contribution in [0.5, 0.6) is 0 Å². The molecule has 0 bridgehead atoms. The molecule has 2 atom stereocenters. The molecule has 1 aromatic rings. The predicted octanol–water partition coefficient (Wildman–Crippen LogP) is 1.76. The maximum atomic E-state index is 12.0. The Bertz CT molecular complexity index is 493. The molecule has 0 aliphatic carbocycles. The van der Waals surface area contributed by atoms with Crippen molar-refractivity contribution in [3.05, 3.63) is 29.8 Å². The summed E-state index contributed by atoms with van der Waals surface area (Å²) in [5.74, 6) is -0.215. The first-order valence-electron chi connectivity index (χ1n) is 6.37. The third-order valence-corrected chi connectivity index (χ3v) is 3.20. The monoisotopic (exact) mass is 298 g/mol. The maximum Gasteiger partial charge on any atom is 0.253 e. The molecule has 0 radical (unpaired) electrons. The van der Waals surface area contributed by atoms with Crippen molar-refractivity contribution in [2.75, 3.05) is 11.9 Å². The molecular formula is C14H19ClN2O3. The molecule has 1 heterocycles. The van der Waals surface area contributed by atoms with E-state index in [1.807, 2.05) is 0 Å². The minimum atomic E-state index is -0.450. The fraction of sp³-hybridized carbons (Fsp3) is 0.429. The van der Waals surface area contributed by atoms with E-state index in [0.717, 1.165) is 6.42 Å². The lowest BCUT2D eigenvalue weighted by Crippen LogP contribution is -2.29. The van der Waals surface area contributed by atoms with Gasteiger partial charge < -0.3 is 15.8 Å². The molecule has 0 spiro atoms. The van der Waals surface area contributed by atoms with Crippen LogP contribution in [-0.4, -0.2) is 30.4 Å². The van der Waals surface area contributed by atoms with E-state index in [1.54, 1.807) is 24.3 Å². The largest absolute Gasteiger partial charge is 0.364 e. The van der Waals surface area contributed by atoms with Crippen molar-refractivity contribution in [1.29, 1.82) is 0 Å². The Kier molecular flexibility index (Phi) is 6.13. The standard InChI is InChI=1S/C14H18N2O3.ClH/c1-9(17)10-3-2-4-11(7-10)16-14(18)13-6-5-12(8-15)19-13;/h2-4,7,12-13H,5-6,8,15H2,1H3,(H,16,18);1H/t12-,13+;/m1./s1. The van der Waals surface area contributed by atoms with Crippen molar-refractivity contribution in [2.45, 2.75) is 32.0 Å². The van der Waals surface area contributed by atoms with Crippen LogP contribution in [-0.2, 0) is 9.53 Å². The summed E-state index contributed by atoms with van der Waals surface area (Å²) in [6.45, 7) is 1.93. The SMILES string of the molecule is CC(=O)c1cccc(NC(=O)[C@@H]2CC[C@H](CN)O2)c1.Cl. The highest BCUT2D eigenvalue weighted by Crippen LogP contribution is 2.20. The minimum absolute atomic E-state index is 0. The lowest BCUT2D eigenvalue weighted by atomic mass is 10.1. The van der Waals surface area contributed by atoms with E-state index in [4.69, 9.17) is 10.5 Å². The van der Waals surface area contributed by atoms with Gasteiger partial charge in [0.2, 0.25) is 0 Å². The first-order valence-corrected chi connectivity index (χ1v) is 6.37. The van der Waals surface area contributed by atoms with Gasteiger partial charge in [0.1, 0.15) is 6.10 Å². The van der Waals surface area contributed by atoms with Crippen LogP contribution < -0.4 is 11.1 Å². The molecule has 3 N–H and O–H groups in total. The average Bonchev–Trinajstić information content (AvgIpc) is 2.88. The minimum Gasteiger partial charge on any atom is -0.364 e. The van der Waals surface area contributed by atoms with Gasteiger partial charge in [0.25, 0.3) is 5.91 Å². The molecule has 1 aliphatic rings. The van der Waals surface area contributed by atoms with Gasteiger partial charge in [-0.3, -0.25) is 9.59 Å². The van der Waals surface area contributed by atoms with Gasteiger partial charge in [-0.2, -0.15) is 0 Å². The molecule has 1 saturated heterocycles. The van der Waals surface area contributed by atoms with Gasteiger partial charge in [0, 0.05) is 17.8 Å². The van der Waals surface area contributed by atoms with Crippen LogP contribution >= 0.6 is 12.4 Å². The van der Waals surface area contributed by atoms with E-state index >= 15 is 0 Å². The summed E-state index contributed by atoms with van der Waals surface area (Å²) in [6.07, 6.45) is 1.01. The first kappa shape index (κ1) is 16.6. The molecule has 110 valence electrons. The molecule has 1 amide bonds. The molecule has 5 nitrogen and oxygen atoms in total. The molecule has 6 heteroatoms. The number of ketones is 1. The van der Waals surface area contributed by atoms with Crippen molar-refractivity contribution >= 4 is 29.8 Å². The van der Waals surface area contributed by atoms with E-state index in [9.17, 15) is 9.59 Å². The number of nitrogens with two attached hydrogens (primary N) is 1. The number of rotatable bonds is 4. The number of hydrogen-bond donors (Lipinski definition) is 2. The highest BCUT2D eigenvalue weighted by Gasteiger charge is 2.29. The van der Waals surface area contributed by atoms with Crippen LogP contribution in [0.3, 0.4) is 0 Å². The first-order chi connectivity index (χ1) is 9.10. The number of amides is 1. The van der Waals surface area contributed by atoms with Crippen LogP contribution in [0.1, 0.15) is 30.1 Å². The number of benzene rings is 1. The lowest BCUT2D eigenvalue weighted by molar-refractivity contribution is -0.126. The summed E-state index contributed by atoms with van der Waals surface area (Å²) in [4.78, 5) is 23.3. The zero-order valence-corrected chi connectivity index (χ0v) is 12.1. The van der Waals surface area contributed by atoms with Gasteiger partial charge in [0.05, 0.1) is 6.10 Å². The van der Waals surface area contributed by atoms with Crippen LogP contribution in [0, 0.1) is 0 Å². The highest BCUT2D eigenvalue weighted by atomic mass is 35.5. The second kappa shape index (κ2) is 7.38. The van der Waals surface area contributed by atoms with E-state index in [1.165, 1.54) is 6.92 Å². The summed E-state index contributed by atoms with van der Waals surface area (Å²) in [5, 5.41) is 2.77. The van der Waals surface area contributed by atoms with Gasteiger partial charge in [-0.1, -0.05) is 12.1 Å². The van der Waals surface area contributed by atoms with Gasteiger partial charge in [-0.15, -0.1) is 12.4 Å². The number of halogens is 1. The molecule has 20 heavy (non-hydrogen) atoms. The van der Waals surface area contributed by atoms with Gasteiger partial charge in [-0.05, 0) is 31.9 Å². The van der Waals surface area contributed by atoms with Crippen LogP contribution in [0.15, 0.2) is 24.3 Å². The number of carbonyl (C=O) groups is 2. The maximum absolute atomic E-state index is 12.0. The number of hydrogen-bond acceptors (Lipinski definition) is 4. The van der Waals surface area contributed by atoms with Crippen molar-refractivity contribution in [2.24, 2.45) is 5.73 Å². The second-order valence-corrected chi connectivity index (χ2v) is 4.69. The van der Waals surface area contributed by atoms with Crippen molar-refractivity contribution in [3.8, 4) is 0 Å². The van der Waals surface area contributed by atoms with Crippen molar-refractivity contribution < 1.29 is 14.3 Å². The Balaban J connectivity index is 0.00000200. The van der Waals surface area contributed by atoms with E-state index < -0.39 is 6.10 Å². The fourth-order valence-electron chi connectivity index (χ4n) is 2.11. The average molecular weight is 299 g/mol. The zero-order chi connectivity index (χ0) is 13.8. The molecule has 1 fully saturated rings. The van der Waals surface area contributed by atoms with Gasteiger partial charge in [0.15, 0.2) is 5.78 Å². The summed E-state index contributed by atoms with van der Waals surface area (Å²) < 4.78 is 5.52. The molecular weight excluding hydrogens is 280 g/mol. The lowest BCUT2D eigenvalue weighted by Gasteiger charge is -2.13. The topological polar surface area (TPSA) is 81.4 Å². The second-order valence-electron chi connectivity index (χ2n) is 4.69. The number of ether oxygens (including phenoxy) is 1. The van der Waals surface area contributed by atoms with Crippen LogP contribution in [0.4, 0.5) is 5.69 Å². The Morgan fingerprint density at radius 1 is 1.40 bits per heavy atom. The summed E-state index contributed by atoms with van der Waals surface area (Å²) in [7, 11) is 0. The Labute approximate surface area is 124 Å². The predicted molar refractivity (Wildman–Crippen MR) is 79.3 cm³/mol. The summed E-state index contributed by atoms with van der Waals surface area (Å²) in [5.41, 5.74) is 6.69. The highest BCUT2D eigenvalue weighted by molar-refractivity contribution is 5.98. The van der Waals surface area contributed by atoms with E-state index in [2.05, 4.69) is 5.32 Å². The molecule has 2 rings (SSSR count). The smallest absolute Gasteiger partial charge is 0.253 e. The van der Waals surface area contributed by atoms with E-state index in [-0.39, 0.29) is 30.2 Å². The van der Waals surface area contributed by atoms with Crippen LogP contribution in [0.2, 0.25) is 0 Å². The number of anilines is 1. The molecule has 0 unspecified atom stereocenters. The molecule has 1 aromatic carbocycles. The Hall–Kier alpha value is -1.43. The van der Waals surface area contributed by atoms with E-state index in [0.29, 0.717) is 24.2 Å². The van der Waals surface area contributed by atoms with Crippen LogP contribution in [0.25, 0.3) is 0 Å². The van der Waals surface area contributed by atoms with Crippen molar-refractivity contribution in [3.63, 3.8) is 0 Å². The Morgan fingerprint density at radius 3 is 2.75 bits per heavy atom.